The van der Waals surface area contributed by atoms with E-state index < -0.39 is 11.8 Å². The zero-order chi connectivity index (χ0) is 13.3. The third-order valence-corrected chi connectivity index (χ3v) is 3.00. The molecule has 2 nitrogen and oxygen atoms in total. The van der Waals surface area contributed by atoms with Crippen LogP contribution in [0.4, 0.5) is 4.39 Å². The van der Waals surface area contributed by atoms with Gasteiger partial charge in [-0.3, -0.25) is 0 Å². The third kappa shape index (κ3) is 2.47. The summed E-state index contributed by atoms with van der Waals surface area (Å²) in [5, 5.41) is 9.45. The number of hydrogen-bond acceptors (Lipinski definition) is 1. The smallest absolute Gasteiger partial charge is 0.335 e. The predicted octanol–water partition coefficient (Wildman–Crippen LogP) is 4.50. The molecule has 0 aliphatic heterocycles. The lowest BCUT2D eigenvalue weighted by Gasteiger charge is -2.07. The first kappa shape index (κ1) is 12.9. The molecule has 2 aromatic rings. The fourth-order valence-corrected chi connectivity index (χ4v) is 1.95. The van der Waals surface area contributed by atoms with Gasteiger partial charge in [0.15, 0.2) is 0 Å². The predicted molar refractivity (Wildman–Crippen MR) is 68.8 cm³/mol. The van der Waals surface area contributed by atoms with Crippen LogP contribution < -0.4 is 0 Å². The quantitative estimate of drug-likeness (QED) is 0.882. The van der Waals surface area contributed by atoms with Crippen molar-refractivity contribution in [2.45, 2.75) is 0 Å². The molecule has 0 bridgehead atoms. The van der Waals surface area contributed by atoms with E-state index in [1.54, 1.807) is 0 Å². The Bertz CT molecular complexity index is 626. The second-order valence-corrected chi connectivity index (χ2v) is 4.47. The molecule has 0 unspecified atom stereocenters. The van der Waals surface area contributed by atoms with Gasteiger partial charge in [-0.15, -0.1) is 0 Å². The van der Waals surface area contributed by atoms with Gasteiger partial charge in [-0.2, -0.15) is 0 Å². The van der Waals surface area contributed by atoms with Gasteiger partial charge >= 0.3 is 5.97 Å². The topological polar surface area (TPSA) is 37.3 Å². The van der Waals surface area contributed by atoms with Crippen LogP contribution in [-0.4, -0.2) is 11.1 Å². The van der Waals surface area contributed by atoms with Gasteiger partial charge in [0, 0.05) is 21.2 Å². The number of rotatable bonds is 2. The van der Waals surface area contributed by atoms with Crippen LogP contribution in [0.5, 0.6) is 0 Å². The van der Waals surface area contributed by atoms with Crippen LogP contribution in [0.2, 0.25) is 10.0 Å². The van der Waals surface area contributed by atoms with E-state index in [1.807, 2.05) is 0 Å². The Hall–Kier alpha value is -1.58. The second kappa shape index (κ2) is 4.96. The second-order valence-electron chi connectivity index (χ2n) is 3.62. The zero-order valence-electron chi connectivity index (χ0n) is 8.95. The number of carboxylic acids is 1. The van der Waals surface area contributed by atoms with Crippen LogP contribution in [0.25, 0.3) is 11.1 Å². The average Bonchev–Trinajstić information content (AvgIpc) is 2.30. The fraction of sp³-hybridized carbons (Fsp3) is 0. The first-order valence-electron chi connectivity index (χ1n) is 4.97. The molecule has 5 heteroatoms. The highest BCUT2D eigenvalue weighted by Crippen LogP contribution is 2.32. The Kier molecular flexibility index (Phi) is 3.55. The van der Waals surface area contributed by atoms with Gasteiger partial charge in [0.2, 0.25) is 0 Å². The molecule has 0 radical (unpaired) electrons. The summed E-state index contributed by atoms with van der Waals surface area (Å²) < 4.78 is 13.8. The molecule has 0 saturated carbocycles. The van der Waals surface area contributed by atoms with Crippen LogP contribution in [0.3, 0.4) is 0 Å². The number of carbonyl (C=O) groups is 1. The van der Waals surface area contributed by atoms with Crippen molar-refractivity contribution in [3.63, 3.8) is 0 Å². The third-order valence-electron chi connectivity index (χ3n) is 2.43. The summed E-state index contributed by atoms with van der Waals surface area (Å²) in [6, 6.07) is 8.25. The molecule has 0 saturated heterocycles. The van der Waals surface area contributed by atoms with E-state index in [0.717, 1.165) is 6.07 Å². The molecular weight excluding hydrogens is 278 g/mol. The van der Waals surface area contributed by atoms with Crippen LogP contribution >= 0.6 is 23.2 Å². The Morgan fingerprint density at radius 1 is 1.06 bits per heavy atom. The minimum absolute atomic E-state index is 0.0451. The summed E-state index contributed by atoms with van der Waals surface area (Å²) in [6.07, 6.45) is 0. The molecule has 0 aliphatic carbocycles. The lowest BCUT2D eigenvalue weighted by atomic mass is 10.0. The van der Waals surface area contributed by atoms with Crippen molar-refractivity contribution in [3.05, 3.63) is 57.8 Å². The first-order chi connectivity index (χ1) is 8.49. The maximum absolute atomic E-state index is 13.8. The molecule has 0 spiro atoms. The van der Waals surface area contributed by atoms with E-state index in [2.05, 4.69) is 0 Å². The summed E-state index contributed by atoms with van der Waals surface area (Å²) in [6.45, 7) is 0. The largest absolute Gasteiger partial charge is 0.478 e. The molecule has 0 heterocycles. The van der Waals surface area contributed by atoms with Crippen molar-refractivity contribution in [1.82, 2.24) is 0 Å². The maximum Gasteiger partial charge on any atom is 0.335 e. The summed E-state index contributed by atoms with van der Waals surface area (Å²) in [5.74, 6) is -1.64. The minimum Gasteiger partial charge on any atom is -0.478 e. The van der Waals surface area contributed by atoms with Crippen molar-refractivity contribution in [2.75, 3.05) is 0 Å². The van der Waals surface area contributed by atoms with Crippen LogP contribution in [0.1, 0.15) is 10.4 Å². The van der Waals surface area contributed by atoms with E-state index in [-0.39, 0.29) is 21.2 Å². The molecule has 0 aromatic heterocycles. The van der Waals surface area contributed by atoms with Crippen molar-refractivity contribution in [1.29, 1.82) is 0 Å². The summed E-state index contributed by atoms with van der Waals surface area (Å²) in [5.41, 5.74) is 0.585. The molecule has 0 amide bonds. The number of carboxylic acid groups (broad SMARTS) is 1. The first-order valence-corrected chi connectivity index (χ1v) is 5.73. The average molecular weight is 285 g/mol. The summed E-state index contributed by atoms with van der Waals surface area (Å²) in [4.78, 5) is 10.9. The highest BCUT2D eigenvalue weighted by atomic mass is 35.5. The zero-order valence-corrected chi connectivity index (χ0v) is 10.5. The highest BCUT2D eigenvalue weighted by Gasteiger charge is 2.12. The van der Waals surface area contributed by atoms with Gasteiger partial charge in [-0.25, -0.2) is 9.18 Å². The van der Waals surface area contributed by atoms with Gasteiger partial charge in [-0.05, 0) is 36.4 Å². The fourth-order valence-electron chi connectivity index (χ4n) is 1.57. The Morgan fingerprint density at radius 2 is 1.78 bits per heavy atom. The van der Waals surface area contributed by atoms with Crippen molar-refractivity contribution >= 4 is 29.2 Å². The SMILES string of the molecule is O=C(O)c1ccc(Cl)c(-c2ccc(Cl)cc2F)c1. The lowest BCUT2D eigenvalue weighted by Crippen LogP contribution is -1.97. The Labute approximate surface area is 113 Å². The van der Waals surface area contributed by atoms with E-state index in [4.69, 9.17) is 28.3 Å². The van der Waals surface area contributed by atoms with Gasteiger partial charge < -0.3 is 5.11 Å². The Morgan fingerprint density at radius 3 is 2.39 bits per heavy atom. The van der Waals surface area contributed by atoms with Gasteiger partial charge in [0.05, 0.1) is 5.56 Å². The summed E-state index contributed by atoms with van der Waals surface area (Å²) in [7, 11) is 0. The van der Waals surface area contributed by atoms with Crippen molar-refractivity contribution < 1.29 is 14.3 Å². The van der Waals surface area contributed by atoms with Crippen molar-refractivity contribution in [3.8, 4) is 11.1 Å². The maximum atomic E-state index is 13.8. The van der Waals surface area contributed by atoms with Crippen LogP contribution in [-0.2, 0) is 0 Å². The van der Waals surface area contributed by atoms with E-state index in [9.17, 15) is 9.18 Å². The molecule has 0 aliphatic rings. The van der Waals surface area contributed by atoms with E-state index in [1.165, 1.54) is 30.3 Å². The lowest BCUT2D eigenvalue weighted by molar-refractivity contribution is 0.0697. The molecule has 0 fully saturated rings. The molecule has 92 valence electrons. The van der Waals surface area contributed by atoms with Gasteiger partial charge in [0.1, 0.15) is 5.82 Å². The minimum atomic E-state index is -1.10. The summed E-state index contributed by atoms with van der Waals surface area (Å²) >= 11 is 11.6. The van der Waals surface area contributed by atoms with E-state index in [0.29, 0.717) is 5.56 Å². The van der Waals surface area contributed by atoms with Crippen molar-refractivity contribution in [2.24, 2.45) is 0 Å². The standard InChI is InChI=1S/C13H7Cl2FO2/c14-8-2-3-9(12(16)6-8)10-5-7(13(17)18)1-4-11(10)15/h1-6H,(H,17,18). The number of hydrogen-bond donors (Lipinski definition) is 1. The molecule has 0 atom stereocenters. The van der Waals surface area contributed by atoms with E-state index >= 15 is 0 Å². The number of aromatic carboxylic acids is 1. The molecule has 2 rings (SSSR count). The normalized spacial score (nSPS) is 10.4. The number of halogens is 3. The van der Waals surface area contributed by atoms with Crippen LogP contribution in [0, 0.1) is 5.82 Å². The van der Waals surface area contributed by atoms with Gasteiger partial charge in [-0.1, -0.05) is 23.2 Å². The molecule has 2 aromatic carbocycles. The highest BCUT2D eigenvalue weighted by molar-refractivity contribution is 6.33. The monoisotopic (exact) mass is 284 g/mol. The van der Waals surface area contributed by atoms with Crippen LogP contribution in [0.15, 0.2) is 36.4 Å². The Balaban J connectivity index is 2.62. The van der Waals surface area contributed by atoms with Gasteiger partial charge in [0.25, 0.3) is 0 Å². The number of benzene rings is 2. The molecular formula is C13H7Cl2FO2. The molecule has 1 N–H and O–H groups in total. The molecule has 18 heavy (non-hydrogen) atoms.